The molecule has 0 unspecified atom stereocenters. The summed E-state index contributed by atoms with van der Waals surface area (Å²) in [5.74, 6) is 5.44. The number of piperazine rings is 1. The lowest BCUT2D eigenvalue weighted by Crippen LogP contribution is -2.39. The molecule has 0 aliphatic carbocycles. The molecule has 7 nitrogen and oxygen atoms in total. The number of ether oxygens (including phenoxy) is 2. The van der Waals surface area contributed by atoms with Crippen LogP contribution in [0.1, 0.15) is 57.8 Å². The number of hydrogen-bond donors (Lipinski definition) is 5. The maximum atomic E-state index is 5.07. The standard InChI is InChI=1S/C5H11N.C5H10O.C5H10S.C4H10N2.C4H9NO.C4H9NS/c3*1-2-4-6-5-3-1;1-2-6-4-3-5-1;2*1-3-6-4-2-5-1/h6H,1-5H2;2*1-5H2;5-6H,1-4H2;2*5H,1-4H2. The minimum Gasteiger partial charge on any atom is -0.381 e. The van der Waals surface area contributed by atoms with Crippen LogP contribution in [0.3, 0.4) is 0 Å². The molecule has 6 fully saturated rings. The zero-order chi connectivity index (χ0) is 25.5. The van der Waals surface area contributed by atoms with E-state index in [-0.39, 0.29) is 0 Å². The summed E-state index contributed by atoms with van der Waals surface area (Å²) in [7, 11) is 0. The summed E-state index contributed by atoms with van der Waals surface area (Å²) >= 11 is 4.13. The van der Waals surface area contributed by atoms with E-state index in [1.807, 2.05) is 11.8 Å². The van der Waals surface area contributed by atoms with Crippen LogP contribution in [-0.4, -0.2) is 115 Å². The molecule has 0 amide bonds. The van der Waals surface area contributed by atoms with Gasteiger partial charge in [-0.25, -0.2) is 0 Å². The molecule has 6 aliphatic heterocycles. The summed E-state index contributed by atoms with van der Waals surface area (Å²) in [4.78, 5) is 0. The number of thioether (sulfide) groups is 2. The Balaban J connectivity index is 0.000000216. The van der Waals surface area contributed by atoms with Crippen molar-refractivity contribution in [3.8, 4) is 0 Å². The highest BCUT2D eigenvalue weighted by Gasteiger charge is 1.97. The normalized spacial score (nSPS) is 24.0. The Labute approximate surface area is 231 Å². The Bertz CT molecular complexity index is 228. The molecule has 36 heavy (non-hydrogen) atoms. The highest BCUT2D eigenvalue weighted by molar-refractivity contribution is 7.99. The average molecular weight is 550 g/mol. The molecular formula is C27H59N5O2S2. The van der Waals surface area contributed by atoms with Crippen molar-refractivity contribution in [2.45, 2.75) is 57.8 Å². The third-order valence-corrected chi connectivity index (χ3v) is 8.15. The molecular weight excluding hydrogens is 490 g/mol. The van der Waals surface area contributed by atoms with Crippen LogP contribution in [0.15, 0.2) is 0 Å². The second-order valence-corrected chi connectivity index (χ2v) is 11.8. The molecule has 0 bridgehead atoms. The van der Waals surface area contributed by atoms with Crippen LogP contribution in [0.5, 0.6) is 0 Å². The molecule has 0 aromatic carbocycles. The van der Waals surface area contributed by atoms with Crippen molar-refractivity contribution in [1.82, 2.24) is 26.6 Å². The van der Waals surface area contributed by atoms with E-state index in [9.17, 15) is 0 Å². The Morgan fingerprint density at radius 3 is 0.889 bits per heavy atom. The summed E-state index contributed by atoms with van der Waals surface area (Å²) in [6.45, 7) is 15.3. The highest BCUT2D eigenvalue weighted by Crippen LogP contribution is 2.14. The molecule has 0 radical (unpaired) electrons. The van der Waals surface area contributed by atoms with Gasteiger partial charge in [-0.2, -0.15) is 23.5 Å². The largest absolute Gasteiger partial charge is 0.381 e. The maximum absolute atomic E-state index is 5.07. The highest BCUT2D eigenvalue weighted by atomic mass is 32.2. The lowest BCUT2D eigenvalue weighted by molar-refractivity contribution is 0.0968. The van der Waals surface area contributed by atoms with E-state index in [1.54, 1.807) is 0 Å². The number of hydrogen-bond acceptors (Lipinski definition) is 9. The first-order valence-corrected chi connectivity index (χ1v) is 17.2. The van der Waals surface area contributed by atoms with Crippen molar-refractivity contribution in [2.75, 3.05) is 115 Å². The van der Waals surface area contributed by atoms with Crippen LogP contribution < -0.4 is 26.6 Å². The Morgan fingerprint density at radius 2 is 0.722 bits per heavy atom. The van der Waals surface area contributed by atoms with Gasteiger partial charge in [-0.1, -0.05) is 12.8 Å². The van der Waals surface area contributed by atoms with Gasteiger partial charge in [-0.15, -0.1) is 0 Å². The van der Waals surface area contributed by atoms with Crippen molar-refractivity contribution in [1.29, 1.82) is 0 Å². The number of nitrogens with one attached hydrogen (secondary N) is 5. The van der Waals surface area contributed by atoms with E-state index < -0.39 is 0 Å². The Morgan fingerprint density at radius 1 is 0.306 bits per heavy atom. The second-order valence-electron chi connectivity index (χ2n) is 9.38. The summed E-state index contributed by atoms with van der Waals surface area (Å²) in [5.41, 5.74) is 0. The van der Waals surface area contributed by atoms with Crippen LogP contribution in [0.2, 0.25) is 0 Å². The van der Waals surface area contributed by atoms with E-state index in [1.165, 1.54) is 107 Å². The average Bonchev–Trinajstić information content (AvgIpc) is 3.04. The summed E-state index contributed by atoms with van der Waals surface area (Å²) in [6, 6.07) is 0. The van der Waals surface area contributed by atoms with Crippen LogP contribution in [0, 0.1) is 0 Å². The van der Waals surface area contributed by atoms with Gasteiger partial charge in [0.2, 0.25) is 0 Å². The maximum Gasteiger partial charge on any atom is 0.0591 e. The van der Waals surface area contributed by atoms with Crippen LogP contribution in [0.4, 0.5) is 0 Å². The van der Waals surface area contributed by atoms with Crippen molar-refractivity contribution >= 4 is 23.5 Å². The third-order valence-electron chi connectivity index (χ3n) is 6.01. The fraction of sp³-hybridized carbons (Fsp3) is 1.00. The molecule has 0 aromatic heterocycles. The topological polar surface area (TPSA) is 78.6 Å². The monoisotopic (exact) mass is 549 g/mol. The predicted molar refractivity (Wildman–Crippen MR) is 162 cm³/mol. The lowest BCUT2D eigenvalue weighted by Gasteiger charge is -2.11. The van der Waals surface area contributed by atoms with Crippen molar-refractivity contribution in [3.05, 3.63) is 0 Å². The first-order valence-electron chi connectivity index (χ1n) is 14.8. The van der Waals surface area contributed by atoms with Crippen molar-refractivity contribution < 1.29 is 9.47 Å². The molecule has 0 aromatic rings. The predicted octanol–water partition coefficient (Wildman–Crippen LogP) is 2.96. The van der Waals surface area contributed by atoms with Gasteiger partial charge < -0.3 is 36.1 Å². The van der Waals surface area contributed by atoms with Crippen LogP contribution in [-0.2, 0) is 9.47 Å². The molecule has 6 rings (SSSR count). The molecule has 0 atom stereocenters. The molecule has 6 heterocycles. The van der Waals surface area contributed by atoms with Gasteiger partial charge in [-0.3, -0.25) is 0 Å². The quantitative estimate of drug-likeness (QED) is 0.313. The van der Waals surface area contributed by atoms with Gasteiger partial charge in [0.05, 0.1) is 13.2 Å². The van der Waals surface area contributed by atoms with Crippen LogP contribution >= 0.6 is 23.5 Å². The Hall–Kier alpha value is 0.420. The fourth-order valence-electron chi connectivity index (χ4n) is 3.81. The zero-order valence-corrected chi connectivity index (χ0v) is 24.9. The summed E-state index contributed by atoms with van der Waals surface area (Å²) < 4.78 is 10.1. The van der Waals surface area contributed by atoms with Crippen molar-refractivity contribution in [3.63, 3.8) is 0 Å². The molecule has 5 N–H and O–H groups in total. The SMILES string of the molecule is C1CCNCC1.C1CCOCC1.C1CCSCC1.C1CNCCN1.C1COCCN1.C1CSCCN1. The number of rotatable bonds is 0. The van der Waals surface area contributed by atoms with Gasteiger partial charge in [0.15, 0.2) is 0 Å². The smallest absolute Gasteiger partial charge is 0.0591 e. The Kier molecular flexibility index (Phi) is 30.3. The van der Waals surface area contributed by atoms with E-state index in [0.29, 0.717) is 0 Å². The van der Waals surface area contributed by atoms with E-state index in [4.69, 9.17) is 9.47 Å². The molecule has 6 aliphatic rings. The molecule has 0 spiro atoms. The molecule has 0 saturated carbocycles. The first kappa shape index (κ1) is 34.4. The third kappa shape index (κ3) is 29.0. The van der Waals surface area contributed by atoms with Gasteiger partial charge >= 0.3 is 0 Å². The number of morpholine rings is 1. The minimum atomic E-state index is 0.889. The zero-order valence-electron chi connectivity index (χ0n) is 23.2. The first-order chi connectivity index (χ1) is 18.0. The van der Waals surface area contributed by atoms with Gasteiger partial charge in [0.25, 0.3) is 0 Å². The van der Waals surface area contributed by atoms with Gasteiger partial charge in [0, 0.05) is 77.1 Å². The molecule has 9 heteroatoms. The molecule has 216 valence electrons. The lowest BCUT2D eigenvalue weighted by atomic mass is 10.2. The second kappa shape index (κ2) is 31.6. The summed E-state index contributed by atoms with van der Waals surface area (Å²) in [6.07, 6.45) is 12.6. The summed E-state index contributed by atoms with van der Waals surface area (Å²) in [5, 5.41) is 16.2. The van der Waals surface area contributed by atoms with E-state index in [0.717, 1.165) is 65.7 Å². The fourth-order valence-corrected chi connectivity index (χ4v) is 5.61. The van der Waals surface area contributed by atoms with Crippen molar-refractivity contribution in [2.24, 2.45) is 0 Å². The number of piperidine rings is 1. The van der Waals surface area contributed by atoms with E-state index in [2.05, 4.69) is 38.3 Å². The van der Waals surface area contributed by atoms with Gasteiger partial charge in [0.1, 0.15) is 0 Å². The molecule has 6 saturated heterocycles. The van der Waals surface area contributed by atoms with Gasteiger partial charge in [-0.05, 0) is 69.5 Å². The minimum absolute atomic E-state index is 0.889. The van der Waals surface area contributed by atoms with Crippen LogP contribution in [0.25, 0.3) is 0 Å². The van der Waals surface area contributed by atoms with E-state index >= 15 is 0 Å².